The topological polar surface area (TPSA) is 67.6 Å². The zero-order valence-corrected chi connectivity index (χ0v) is 13.7. The summed E-state index contributed by atoms with van der Waals surface area (Å²) in [5.41, 5.74) is 13.3. The molecule has 0 bridgehead atoms. The summed E-state index contributed by atoms with van der Waals surface area (Å²) in [4.78, 5) is 6.94. The molecule has 0 radical (unpaired) electrons. The van der Waals surface area contributed by atoms with Gasteiger partial charge in [0.2, 0.25) is 0 Å². The molecule has 0 atom stereocenters. The van der Waals surface area contributed by atoms with Gasteiger partial charge < -0.3 is 11.5 Å². The summed E-state index contributed by atoms with van der Waals surface area (Å²) < 4.78 is 14.0. The molecule has 5 heteroatoms. The van der Waals surface area contributed by atoms with E-state index in [1.165, 1.54) is 11.6 Å². The summed E-state index contributed by atoms with van der Waals surface area (Å²) in [6.07, 6.45) is 1.86. The fourth-order valence-electron chi connectivity index (χ4n) is 3.06. The Kier molecular flexibility index (Phi) is 5.11. The number of anilines is 1. The third kappa shape index (κ3) is 3.92. The SMILES string of the molecule is NC(=NC1CCN(Cc2ccccc2)CC1)c1cccc(N)c1F. The normalized spacial score (nSPS) is 17.1. The smallest absolute Gasteiger partial charge is 0.156 e. The van der Waals surface area contributed by atoms with Crippen molar-refractivity contribution in [2.45, 2.75) is 25.4 Å². The van der Waals surface area contributed by atoms with E-state index in [4.69, 9.17) is 11.5 Å². The third-order valence-corrected chi connectivity index (χ3v) is 4.43. The Morgan fingerprint density at radius 3 is 2.50 bits per heavy atom. The Morgan fingerprint density at radius 1 is 1.08 bits per heavy atom. The zero-order valence-electron chi connectivity index (χ0n) is 13.7. The molecule has 1 aliphatic rings. The second-order valence-electron chi connectivity index (χ2n) is 6.22. The number of amidine groups is 1. The highest BCUT2D eigenvalue weighted by Gasteiger charge is 2.19. The lowest BCUT2D eigenvalue weighted by Gasteiger charge is -2.30. The van der Waals surface area contributed by atoms with Gasteiger partial charge in [-0.25, -0.2) is 4.39 Å². The predicted molar refractivity (Wildman–Crippen MR) is 96.3 cm³/mol. The van der Waals surface area contributed by atoms with E-state index < -0.39 is 5.82 Å². The molecule has 0 spiro atoms. The number of nitrogen functional groups attached to an aromatic ring is 1. The van der Waals surface area contributed by atoms with Crippen molar-refractivity contribution in [3.8, 4) is 0 Å². The number of halogens is 1. The van der Waals surface area contributed by atoms with Crippen LogP contribution in [0.4, 0.5) is 10.1 Å². The molecule has 0 unspecified atom stereocenters. The van der Waals surface area contributed by atoms with Crippen molar-refractivity contribution in [2.75, 3.05) is 18.8 Å². The minimum absolute atomic E-state index is 0.100. The Morgan fingerprint density at radius 2 is 1.79 bits per heavy atom. The molecule has 0 aliphatic carbocycles. The number of hydrogen-bond acceptors (Lipinski definition) is 3. The third-order valence-electron chi connectivity index (χ3n) is 4.43. The van der Waals surface area contributed by atoms with Crippen molar-refractivity contribution in [2.24, 2.45) is 10.7 Å². The van der Waals surface area contributed by atoms with Gasteiger partial charge in [-0.05, 0) is 30.5 Å². The highest BCUT2D eigenvalue weighted by molar-refractivity contribution is 5.98. The standard InChI is InChI=1S/C19H23FN4/c20-18-16(7-4-8-17(18)21)19(22)23-15-9-11-24(12-10-15)13-14-5-2-1-3-6-14/h1-8,15H,9-13,21H2,(H2,22,23). The molecule has 1 fully saturated rings. The molecular formula is C19H23FN4. The van der Waals surface area contributed by atoms with Crippen LogP contribution in [0.5, 0.6) is 0 Å². The highest BCUT2D eigenvalue weighted by Crippen LogP contribution is 2.19. The van der Waals surface area contributed by atoms with E-state index in [1.807, 2.05) is 6.07 Å². The molecule has 3 rings (SSSR count). The van der Waals surface area contributed by atoms with E-state index in [2.05, 4.69) is 34.2 Å². The molecule has 2 aromatic rings. The largest absolute Gasteiger partial charge is 0.396 e. The van der Waals surface area contributed by atoms with Crippen LogP contribution in [0.3, 0.4) is 0 Å². The van der Waals surface area contributed by atoms with Crippen molar-refractivity contribution in [1.29, 1.82) is 0 Å². The Labute approximate surface area is 142 Å². The maximum atomic E-state index is 14.0. The van der Waals surface area contributed by atoms with Crippen LogP contribution in [0.1, 0.15) is 24.0 Å². The van der Waals surface area contributed by atoms with E-state index in [9.17, 15) is 4.39 Å². The molecule has 4 nitrogen and oxygen atoms in total. The van der Waals surface area contributed by atoms with Crippen LogP contribution in [0.2, 0.25) is 0 Å². The molecule has 1 heterocycles. The lowest BCUT2D eigenvalue weighted by molar-refractivity contribution is 0.206. The van der Waals surface area contributed by atoms with Gasteiger partial charge in [-0.1, -0.05) is 36.4 Å². The van der Waals surface area contributed by atoms with Crippen LogP contribution < -0.4 is 11.5 Å². The Hall–Kier alpha value is -2.40. The van der Waals surface area contributed by atoms with Crippen LogP contribution in [-0.4, -0.2) is 29.9 Å². The van der Waals surface area contributed by atoms with Gasteiger partial charge in [0.25, 0.3) is 0 Å². The molecule has 126 valence electrons. The minimum Gasteiger partial charge on any atom is -0.396 e. The Bertz CT molecular complexity index is 707. The molecule has 24 heavy (non-hydrogen) atoms. The van der Waals surface area contributed by atoms with Crippen LogP contribution in [0, 0.1) is 5.82 Å². The molecule has 4 N–H and O–H groups in total. The number of benzene rings is 2. The second kappa shape index (κ2) is 7.45. The maximum absolute atomic E-state index is 14.0. The van der Waals surface area contributed by atoms with Gasteiger partial charge in [0.1, 0.15) is 5.84 Å². The van der Waals surface area contributed by atoms with Crippen LogP contribution in [0.15, 0.2) is 53.5 Å². The second-order valence-corrected chi connectivity index (χ2v) is 6.22. The molecule has 1 saturated heterocycles. The fourth-order valence-corrected chi connectivity index (χ4v) is 3.06. The van der Waals surface area contributed by atoms with Crippen molar-refractivity contribution < 1.29 is 4.39 Å². The first-order chi connectivity index (χ1) is 11.6. The average Bonchev–Trinajstić information content (AvgIpc) is 2.60. The lowest BCUT2D eigenvalue weighted by atomic mass is 10.0. The van der Waals surface area contributed by atoms with Crippen LogP contribution >= 0.6 is 0 Å². The van der Waals surface area contributed by atoms with E-state index in [1.54, 1.807) is 12.1 Å². The van der Waals surface area contributed by atoms with E-state index in [0.29, 0.717) is 5.56 Å². The van der Waals surface area contributed by atoms with E-state index in [-0.39, 0.29) is 17.6 Å². The molecular weight excluding hydrogens is 303 g/mol. The van der Waals surface area contributed by atoms with Gasteiger partial charge in [0, 0.05) is 19.6 Å². The number of rotatable bonds is 4. The average molecular weight is 326 g/mol. The predicted octanol–water partition coefficient (Wildman–Crippen LogP) is 2.78. The van der Waals surface area contributed by atoms with Crippen molar-refractivity contribution >= 4 is 11.5 Å². The van der Waals surface area contributed by atoms with Gasteiger partial charge in [-0.3, -0.25) is 9.89 Å². The number of likely N-dealkylation sites (tertiary alicyclic amines) is 1. The zero-order chi connectivity index (χ0) is 16.9. The molecule has 2 aromatic carbocycles. The van der Waals surface area contributed by atoms with Gasteiger partial charge in [0.05, 0.1) is 17.3 Å². The molecule has 0 amide bonds. The van der Waals surface area contributed by atoms with Crippen molar-refractivity contribution in [1.82, 2.24) is 4.90 Å². The van der Waals surface area contributed by atoms with Gasteiger partial charge in [-0.2, -0.15) is 0 Å². The van der Waals surface area contributed by atoms with Crippen LogP contribution in [0.25, 0.3) is 0 Å². The van der Waals surface area contributed by atoms with Gasteiger partial charge in [-0.15, -0.1) is 0 Å². The lowest BCUT2D eigenvalue weighted by Crippen LogP contribution is -2.35. The summed E-state index contributed by atoms with van der Waals surface area (Å²) in [5.74, 6) is -0.249. The maximum Gasteiger partial charge on any atom is 0.156 e. The molecule has 1 aliphatic heterocycles. The molecule has 0 saturated carbocycles. The Balaban J connectivity index is 1.59. The number of nitrogens with two attached hydrogens (primary N) is 2. The van der Waals surface area contributed by atoms with E-state index >= 15 is 0 Å². The summed E-state index contributed by atoms with van der Waals surface area (Å²) >= 11 is 0. The number of aliphatic imine (C=N–C) groups is 1. The molecule has 0 aromatic heterocycles. The van der Waals surface area contributed by atoms with Gasteiger partial charge in [0.15, 0.2) is 5.82 Å². The first-order valence-electron chi connectivity index (χ1n) is 8.27. The summed E-state index contributed by atoms with van der Waals surface area (Å²) in [7, 11) is 0. The fraction of sp³-hybridized carbons (Fsp3) is 0.316. The first kappa shape index (κ1) is 16.5. The minimum atomic E-state index is -0.486. The summed E-state index contributed by atoms with van der Waals surface area (Å²) in [6, 6.07) is 15.4. The van der Waals surface area contributed by atoms with Crippen molar-refractivity contribution in [3.05, 3.63) is 65.5 Å². The number of nitrogens with zero attached hydrogens (tertiary/aromatic N) is 2. The highest BCUT2D eigenvalue weighted by atomic mass is 19.1. The summed E-state index contributed by atoms with van der Waals surface area (Å²) in [6.45, 7) is 2.89. The van der Waals surface area contributed by atoms with Crippen molar-refractivity contribution in [3.63, 3.8) is 0 Å². The van der Waals surface area contributed by atoms with E-state index in [0.717, 1.165) is 32.5 Å². The van der Waals surface area contributed by atoms with Crippen LogP contribution in [-0.2, 0) is 6.54 Å². The number of hydrogen-bond donors (Lipinski definition) is 2. The first-order valence-corrected chi connectivity index (χ1v) is 8.27. The quantitative estimate of drug-likeness (QED) is 0.516. The van der Waals surface area contributed by atoms with Gasteiger partial charge >= 0.3 is 0 Å². The monoisotopic (exact) mass is 326 g/mol. The summed E-state index contributed by atoms with van der Waals surface area (Å²) in [5, 5.41) is 0. The number of piperidine rings is 1.